The number of hydrogen-bond acceptors (Lipinski definition) is 3. The Bertz CT molecular complexity index is 550. The molecule has 0 aliphatic heterocycles. The van der Waals surface area contributed by atoms with E-state index in [1.807, 2.05) is 0 Å². The van der Waals surface area contributed by atoms with Crippen LogP contribution >= 0.6 is 0 Å². The number of nitrogens with two attached hydrogens (primary N) is 1. The third kappa shape index (κ3) is 4.11. The van der Waals surface area contributed by atoms with Crippen molar-refractivity contribution in [2.75, 3.05) is 6.61 Å². The molecule has 108 valence electrons. The van der Waals surface area contributed by atoms with Crippen molar-refractivity contribution in [2.45, 2.75) is 13.1 Å². The molecule has 7 heteroatoms. The van der Waals surface area contributed by atoms with E-state index in [1.165, 1.54) is 18.2 Å². The van der Waals surface area contributed by atoms with E-state index in [0.717, 1.165) is 12.1 Å². The molecule has 1 aromatic carbocycles. The minimum absolute atomic E-state index is 0.0603. The molecule has 1 aromatic rings. The zero-order valence-corrected chi connectivity index (χ0v) is 10.7. The smallest absolute Gasteiger partial charge is 0.419 e. The van der Waals surface area contributed by atoms with Gasteiger partial charge in [0.1, 0.15) is 11.6 Å². The van der Waals surface area contributed by atoms with Crippen LogP contribution in [0.1, 0.15) is 18.1 Å². The normalized spacial score (nSPS) is 11.6. The second-order valence-electron chi connectivity index (χ2n) is 3.84. The van der Waals surface area contributed by atoms with Gasteiger partial charge in [0.2, 0.25) is 0 Å². The van der Waals surface area contributed by atoms with Crippen LogP contribution < -0.4 is 10.5 Å². The van der Waals surface area contributed by atoms with Gasteiger partial charge in [-0.05, 0) is 31.2 Å². The number of halogens is 3. The molecule has 0 saturated heterocycles. The summed E-state index contributed by atoms with van der Waals surface area (Å²) >= 11 is 0. The first-order valence-corrected chi connectivity index (χ1v) is 5.70. The third-order valence-electron chi connectivity index (χ3n) is 2.33. The first kappa shape index (κ1) is 15.7. The van der Waals surface area contributed by atoms with Gasteiger partial charge in [-0.1, -0.05) is 6.07 Å². The zero-order chi connectivity index (χ0) is 15.3. The molecule has 4 N–H and O–H groups in total. The Morgan fingerprint density at radius 1 is 1.30 bits per heavy atom. The maximum atomic E-state index is 12.8. The lowest BCUT2D eigenvalue weighted by molar-refractivity contribution is -0.138. The van der Waals surface area contributed by atoms with Gasteiger partial charge in [0.15, 0.2) is 0 Å². The zero-order valence-electron chi connectivity index (χ0n) is 10.7. The Morgan fingerprint density at radius 3 is 2.45 bits per heavy atom. The van der Waals surface area contributed by atoms with E-state index >= 15 is 0 Å². The van der Waals surface area contributed by atoms with Gasteiger partial charge in [0.25, 0.3) is 0 Å². The summed E-state index contributed by atoms with van der Waals surface area (Å²) in [5.74, 6) is -0.565. The molecular weight excluding hydrogens is 271 g/mol. The van der Waals surface area contributed by atoms with E-state index < -0.39 is 11.7 Å². The molecule has 0 unspecified atom stereocenters. The number of hydrogen-bond donors (Lipinski definition) is 3. The highest BCUT2D eigenvalue weighted by Gasteiger charge is 2.34. The van der Waals surface area contributed by atoms with Crippen molar-refractivity contribution in [1.82, 2.24) is 0 Å². The molecule has 0 amide bonds. The van der Waals surface area contributed by atoms with Crippen LogP contribution in [-0.2, 0) is 6.18 Å². The van der Waals surface area contributed by atoms with E-state index in [2.05, 4.69) is 0 Å². The molecule has 0 aromatic heterocycles. The standard InChI is InChI=1S/C13H14F3N3O/c1-2-20-11-7-8(10(17)5-6-12(18)19)3-4-9(11)13(14,15)16/h3-7,17H,2H2,1H3,(H3,18,19)/b6-5-,17-10?. The van der Waals surface area contributed by atoms with Crippen LogP contribution in [0.4, 0.5) is 13.2 Å². The van der Waals surface area contributed by atoms with Gasteiger partial charge < -0.3 is 15.9 Å². The highest BCUT2D eigenvalue weighted by atomic mass is 19.4. The molecule has 4 nitrogen and oxygen atoms in total. The number of nitrogens with one attached hydrogen (secondary N) is 2. The summed E-state index contributed by atoms with van der Waals surface area (Å²) < 4.78 is 43.3. The fraction of sp³-hybridized carbons (Fsp3) is 0.231. The first-order chi connectivity index (χ1) is 9.25. The minimum Gasteiger partial charge on any atom is -0.493 e. The summed E-state index contributed by atoms with van der Waals surface area (Å²) in [7, 11) is 0. The van der Waals surface area contributed by atoms with Crippen molar-refractivity contribution in [1.29, 1.82) is 10.8 Å². The fourth-order valence-electron chi connectivity index (χ4n) is 1.47. The number of amidine groups is 1. The van der Waals surface area contributed by atoms with Crippen molar-refractivity contribution in [2.24, 2.45) is 5.73 Å². The number of allylic oxidation sites excluding steroid dienone is 1. The predicted molar refractivity (Wildman–Crippen MR) is 70.5 cm³/mol. The molecular formula is C13H14F3N3O. The van der Waals surface area contributed by atoms with Crippen LogP contribution in [0, 0.1) is 10.8 Å². The summed E-state index contributed by atoms with van der Waals surface area (Å²) in [5, 5.41) is 14.7. The molecule has 0 radical (unpaired) electrons. The predicted octanol–water partition coefficient (Wildman–Crippen LogP) is 2.96. The van der Waals surface area contributed by atoms with E-state index in [9.17, 15) is 13.2 Å². The second-order valence-corrected chi connectivity index (χ2v) is 3.84. The molecule has 0 saturated carbocycles. The lowest BCUT2D eigenvalue weighted by atomic mass is 10.1. The van der Waals surface area contributed by atoms with Crippen LogP contribution in [0.2, 0.25) is 0 Å². The minimum atomic E-state index is -4.51. The first-order valence-electron chi connectivity index (χ1n) is 5.70. The van der Waals surface area contributed by atoms with Crippen molar-refractivity contribution < 1.29 is 17.9 Å². The quantitative estimate of drug-likeness (QED) is 0.574. The lowest BCUT2D eigenvalue weighted by Crippen LogP contribution is -2.10. The summed E-state index contributed by atoms with van der Waals surface area (Å²) in [5.41, 5.74) is 4.41. The summed E-state index contributed by atoms with van der Waals surface area (Å²) in [4.78, 5) is 0. The van der Waals surface area contributed by atoms with Crippen molar-refractivity contribution in [3.8, 4) is 5.75 Å². The molecule has 0 heterocycles. The number of ether oxygens (including phenoxy) is 1. The monoisotopic (exact) mass is 285 g/mol. The van der Waals surface area contributed by atoms with Gasteiger partial charge in [0.05, 0.1) is 17.9 Å². The van der Waals surface area contributed by atoms with E-state index in [4.69, 9.17) is 21.3 Å². The van der Waals surface area contributed by atoms with Gasteiger partial charge in [-0.15, -0.1) is 0 Å². The van der Waals surface area contributed by atoms with Crippen LogP contribution in [0.15, 0.2) is 30.4 Å². The molecule has 0 spiro atoms. The molecule has 1 rings (SSSR count). The summed E-state index contributed by atoms with van der Waals surface area (Å²) in [6.07, 6.45) is -2.10. The number of benzene rings is 1. The Morgan fingerprint density at radius 2 is 1.95 bits per heavy atom. The highest BCUT2D eigenvalue weighted by Crippen LogP contribution is 2.36. The SMILES string of the molecule is CCOc1cc(C(=N)/C=C\C(=N)N)ccc1C(F)(F)F. The van der Waals surface area contributed by atoms with Gasteiger partial charge in [-0.3, -0.25) is 5.41 Å². The van der Waals surface area contributed by atoms with Gasteiger partial charge >= 0.3 is 6.18 Å². The topological polar surface area (TPSA) is 83.0 Å². The van der Waals surface area contributed by atoms with Gasteiger partial charge in [-0.2, -0.15) is 13.2 Å². The molecule has 0 bridgehead atoms. The molecule has 20 heavy (non-hydrogen) atoms. The highest BCUT2D eigenvalue weighted by molar-refractivity contribution is 6.09. The van der Waals surface area contributed by atoms with E-state index in [1.54, 1.807) is 6.92 Å². The van der Waals surface area contributed by atoms with Gasteiger partial charge in [-0.25, -0.2) is 0 Å². The summed E-state index contributed by atoms with van der Waals surface area (Å²) in [6, 6.07) is 3.20. The maximum Gasteiger partial charge on any atom is 0.419 e. The molecule has 0 fully saturated rings. The maximum absolute atomic E-state index is 12.8. The van der Waals surface area contributed by atoms with Crippen molar-refractivity contribution in [3.63, 3.8) is 0 Å². The molecule has 0 aliphatic carbocycles. The van der Waals surface area contributed by atoms with Crippen LogP contribution in [0.5, 0.6) is 5.75 Å². The number of alkyl halides is 3. The van der Waals surface area contributed by atoms with E-state index in [0.29, 0.717) is 0 Å². The Balaban J connectivity index is 3.16. The van der Waals surface area contributed by atoms with Crippen LogP contribution in [-0.4, -0.2) is 18.2 Å². The Kier molecular flexibility index (Phi) is 4.90. The van der Waals surface area contributed by atoms with Gasteiger partial charge in [0, 0.05) is 5.56 Å². The van der Waals surface area contributed by atoms with Crippen LogP contribution in [0.25, 0.3) is 0 Å². The van der Waals surface area contributed by atoms with Crippen LogP contribution in [0.3, 0.4) is 0 Å². The molecule has 0 aliphatic rings. The number of rotatable bonds is 5. The lowest BCUT2D eigenvalue weighted by Gasteiger charge is -2.14. The molecule has 0 atom stereocenters. The Labute approximate surface area is 114 Å². The summed E-state index contributed by atoms with van der Waals surface area (Å²) in [6.45, 7) is 1.66. The fourth-order valence-corrected chi connectivity index (χ4v) is 1.47. The largest absolute Gasteiger partial charge is 0.493 e. The van der Waals surface area contributed by atoms with Crippen molar-refractivity contribution >= 4 is 11.5 Å². The Hall–Kier alpha value is -2.31. The second kappa shape index (κ2) is 6.23. The van der Waals surface area contributed by atoms with Crippen molar-refractivity contribution in [3.05, 3.63) is 41.5 Å². The van der Waals surface area contributed by atoms with E-state index in [-0.39, 0.29) is 29.5 Å². The average Bonchev–Trinajstić information content (AvgIpc) is 2.34. The third-order valence-corrected chi connectivity index (χ3v) is 2.33. The average molecular weight is 285 g/mol.